The summed E-state index contributed by atoms with van der Waals surface area (Å²) in [6.45, 7) is -1.47. The number of hydrogen-bond donors (Lipinski definition) is 4. The molecule has 1 heterocycles. The van der Waals surface area contributed by atoms with Gasteiger partial charge < -0.3 is 30.8 Å². The van der Waals surface area contributed by atoms with E-state index in [0.717, 1.165) is 0 Å². The van der Waals surface area contributed by atoms with E-state index < -0.39 is 30.3 Å². The van der Waals surface area contributed by atoms with Crippen LogP contribution in [0.2, 0.25) is 0 Å². The third-order valence-electron chi connectivity index (χ3n) is 2.25. The molecule has 1 aromatic rings. The molecule has 0 radical (unpaired) electrons. The summed E-state index contributed by atoms with van der Waals surface area (Å²) in [5.41, 5.74) is -0.926. The smallest absolute Gasteiger partial charge is 0.363 e. The van der Waals surface area contributed by atoms with Gasteiger partial charge in [0, 0.05) is 6.07 Å². The third-order valence-corrected chi connectivity index (χ3v) is 2.25. The van der Waals surface area contributed by atoms with Gasteiger partial charge in [-0.2, -0.15) is 0 Å². The van der Waals surface area contributed by atoms with Crippen LogP contribution in [0.15, 0.2) is 18.3 Å². The van der Waals surface area contributed by atoms with Crippen molar-refractivity contribution in [3.63, 3.8) is 0 Å². The van der Waals surface area contributed by atoms with Gasteiger partial charge in [0.1, 0.15) is 5.54 Å². The summed E-state index contributed by atoms with van der Waals surface area (Å²) in [5.74, 6) is -0.307. The summed E-state index contributed by atoms with van der Waals surface area (Å²) in [6.07, 6.45) is 1.19. The summed E-state index contributed by atoms with van der Waals surface area (Å²) in [5, 5.41) is 40.2. The van der Waals surface area contributed by atoms with Crippen LogP contribution in [0.25, 0.3) is 0 Å². The molecule has 0 saturated heterocycles. The minimum absolute atomic E-state index is 0.307. The van der Waals surface area contributed by atoms with Crippen molar-refractivity contribution < 1.29 is 20.2 Å². The Balaban J connectivity index is 2.84. The maximum Gasteiger partial charge on any atom is 0.363 e. The second-order valence-corrected chi connectivity index (χ2v) is 3.54. The molecule has 0 bridgehead atoms. The van der Waals surface area contributed by atoms with Gasteiger partial charge >= 0.3 is 5.82 Å². The van der Waals surface area contributed by atoms with Crippen LogP contribution in [0.1, 0.15) is 0 Å². The van der Waals surface area contributed by atoms with Crippen molar-refractivity contribution in [2.24, 2.45) is 0 Å². The predicted molar refractivity (Wildman–Crippen MR) is 58.5 cm³/mol. The first kappa shape index (κ1) is 13.3. The topological polar surface area (TPSA) is 129 Å². The Morgan fingerprint density at radius 3 is 2.24 bits per heavy atom. The number of rotatable bonds is 6. The van der Waals surface area contributed by atoms with E-state index in [9.17, 15) is 10.1 Å². The third kappa shape index (κ3) is 3.09. The number of aromatic nitrogens is 1. The molecule has 4 N–H and O–H groups in total. The number of nitro groups is 1. The Hall–Kier alpha value is -1.77. The van der Waals surface area contributed by atoms with Gasteiger partial charge in [0.15, 0.2) is 6.20 Å². The molecule has 0 aliphatic carbocycles. The lowest BCUT2D eigenvalue weighted by Crippen LogP contribution is -2.49. The van der Waals surface area contributed by atoms with E-state index in [1.54, 1.807) is 0 Å². The first-order valence-electron chi connectivity index (χ1n) is 4.78. The highest BCUT2D eigenvalue weighted by molar-refractivity contribution is 5.46. The van der Waals surface area contributed by atoms with Crippen LogP contribution in [-0.2, 0) is 0 Å². The van der Waals surface area contributed by atoms with Crippen molar-refractivity contribution >= 4 is 11.5 Å². The molecule has 1 rings (SSSR count). The van der Waals surface area contributed by atoms with Crippen molar-refractivity contribution in [3.8, 4) is 0 Å². The average molecular weight is 243 g/mol. The lowest BCUT2D eigenvalue weighted by Gasteiger charge is -2.29. The van der Waals surface area contributed by atoms with E-state index >= 15 is 0 Å². The highest BCUT2D eigenvalue weighted by Gasteiger charge is 2.28. The number of pyridine rings is 1. The fourth-order valence-electron chi connectivity index (χ4n) is 1.14. The zero-order chi connectivity index (χ0) is 12.9. The Labute approximate surface area is 96.7 Å². The standard InChI is InChI=1S/C9H13N3O5/c13-4-9(5-14,6-15)11-7-1-2-8(10-3-7)12(16)17/h1-3,11,13-15H,4-6H2. The zero-order valence-electron chi connectivity index (χ0n) is 8.91. The Morgan fingerprint density at radius 2 is 1.88 bits per heavy atom. The molecular formula is C9H13N3O5. The summed E-state index contributed by atoms with van der Waals surface area (Å²) >= 11 is 0. The quantitative estimate of drug-likeness (QED) is 0.377. The molecular weight excluding hydrogens is 230 g/mol. The van der Waals surface area contributed by atoms with Gasteiger partial charge in [-0.3, -0.25) is 0 Å². The second-order valence-electron chi connectivity index (χ2n) is 3.54. The van der Waals surface area contributed by atoms with Crippen molar-refractivity contribution in [1.29, 1.82) is 0 Å². The first-order chi connectivity index (χ1) is 8.06. The number of aliphatic hydroxyl groups excluding tert-OH is 3. The molecule has 0 fully saturated rings. The molecule has 0 aromatic carbocycles. The van der Waals surface area contributed by atoms with E-state index in [2.05, 4.69) is 10.3 Å². The second kappa shape index (κ2) is 5.53. The van der Waals surface area contributed by atoms with Crippen LogP contribution in [0.5, 0.6) is 0 Å². The van der Waals surface area contributed by atoms with Gasteiger partial charge in [-0.1, -0.05) is 0 Å². The summed E-state index contributed by atoms with van der Waals surface area (Å²) in [4.78, 5) is 13.3. The number of nitrogens with one attached hydrogen (secondary N) is 1. The van der Waals surface area contributed by atoms with Crippen LogP contribution in [0.3, 0.4) is 0 Å². The van der Waals surface area contributed by atoms with Gasteiger partial charge in [-0.05, 0) is 16.0 Å². The van der Waals surface area contributed by atoms with Crippen LogP contribution in [0, 0.1) is 10.1 Å². The minimum Gasteiger partial charge on any atom is -0.394 e. The van der Waals surface area contributed by atoms with E-state index in [4.69, 9.17) is 15.3 Å². The van der Waals surface area contributed by atoms with E-state index in [0.29, 0.717) is 5.69 Å². The SMILES string of the molecule is O=[N+]([O-])c1ccc(NC(CO)(CO)CO)cn1. The highest BCUT2D eigenvalue weighted by Crippen LogP contribution is 2.16. The number of aliphatic hydroxyl groups is 3. The van der Waals surface area contributed by atoms with Crippen molar-refractivity contribution in [2.75, 3.05) is 25.1 Å². The van der Waals surface area contributed by atoms with Crippen LogP contribution in [0.4, 0.5) is 11.5 Å². The molecule has 0 amide bonds. The monoisotopic (exact) mass is 243 g/mol. The van der Waals surface area contributed by atoms with Crippen molar-refractivity contribution in [1.82, 2.24) is 4.98 Å². The molecule has 1 aromatic heterocycles. The molecule has 0 saturated carbocycles. The number of anilines is 1. The van der Waals surface area contributed by atoms with Gasteiger partial charge in [-0.15, -0.1) is 0 Å². The fraction of sp³-hybridized carbons (Fsp3) is 0.444. The minimum atomic E-state index is -1.28. The maximum atomic E-state index is 10.4. The molecule has 0 aliphatic heterocycles. The molecule has 17 heavy (non-hydrogen) atoms. The maximum absolute atomic E-state index is 10.4. The normalized spacial score (nSPS) is 11.2. The Bertz CT molecular complexity index is 368. The summed E-state index contributed by atoms with van der Waals surface area (Å²) < 4.78 is 0. The molecule has 8 nitrogen and oxygen atoms in total. The number of nitrogens with zero attached hydrogens (tertiary/aromatic N) is 2. The molecule has 0 unspecified atom stereocenters. The van der Waals surface area contributed by atoms with Crippen molar-refractivity contribution in [3.05, 3.63) is 28.4 Å². The summed E-state index contributed by atoms with van der Waals surface area (Å²) in [7, 11) is 0. The first-order valence-corrected chi connectivity index (χ1v) is 4.78. The molecule has 0 aliphatic rings. The van der Waals surface area contributed by atoms with Crippen LogP contribution < -0.4 is 5.32 Å². The largest absolute Gasteiger partial charge is 0.394 e. The van der Waals surface area contributed by atoms with Gasteiger partial charge in [0.2, 0.25) is 0 Å². The van der Waals surface area contributed by atoms with Gasteiger partial charge in [0.05, 0.1) is 25.5 Å². The fourth-order valence-corrected chi connectivity index (χ4v) is 1.14. The summed E-state index contributed by atoms with van der Waals surface area (Å²) in [6, 6.07) is 2.56. The van der Waals surface area contributed by atoms with E-state index in [1.807, 2.05) is 0 Å². The number of hydrogen-bond acceptors (Lipinski definition) is 7. The van der Waals surface area contributed by atoms with Gasteiger partial charge in [0.25, 0.3) is 0 Å². The predicted octanol–water partition coefficient (Wildman–Crippen LogP) is -0.883. The Kier molecular flexibility index (Phi) is 4.32. The molecule has 0 spiro atoms. The lowest BCUT2D eigenvalue weighted by atomic mass is 10.0. The van der Waals surface area contributed by atoms with Crippen LogP contribution in [-0.4, -0.2) is 50.6 Å². The van der Waals surface area contributed by atoms with E-state index in [-0.39, 0.29) is 5.82 Å². The zero-order valence-corrected chi connectivity index (χ0v) is 8.91. The van der Waals surface area contributed by atoms with Crippen molar-refractivity contribution in [2.45, 2.75) is 5.54 Å². The van der Waals surface area contributed by atoms with Crippen LogP contribution >= 0.6 is 0 Å². The van der Waals surface area contributed by atoms with E-state index in [1.165, 1.54) is 18.3 Å². The lowest BCUT2D eigenvalue weighted by molar-refractivity contribution is -0.389. The highest BCUT2D eigenvalue weighted by atomic mass is 16.6. The average Bonchev–Trinajstić information content (AvgIpc) is 2.37. The molecule has 0 atom stereocenters. The van der Waals surface area contributed by atoms with Gasteiger partial charge in [-0.25, -0.2) is 0 Å². The molecule has 94 valence electrons. The molecule has 8 heteroatoms. The Morgan fingerprint density at radius 1 is 1.29 bits per heavy atom.